The van der Waals surface area contributed by atoms with E-state index in [1.54, 1.807) is 4.57 Å². The quantitative estimate of drug-likeness (QED) is 0.925. The Morgan fingerprint density at radius 1 is 1.48 bits per heavy atom. The van der Waals surface area contributed by atoms with Gasteiger partial charge in [-0.2, -0.15) is 5.26 Å². The number of nitrogens with one attached hydrogen (secondary N) is 1. The van der Waals surface area contributed by atoms with Crippen molar-refractivity contribution in [2.45, 2.75) is 11.7 Å². The molecular weight excluding hydrogens is 298 g/mol. The Hall–Kier alpha value is -2.40. The largest absolute Gasteiger partial charge is 0.308 e. The van der Waals surface area contributed by atoms with Crippen LogP contribution in [-0.2, 0) is 6.54 Å². The molecule has 0 atom stereocenters. The summed E-state index contributed by atoms with van der Waals surface area (Å²) in [5.41, 5.74) is -0.222. The number of nitrogens with zero attached hydrogens (tertiary/aromatic N) is 3. The van der Waals surface area contributed by atoms with Crippen molar-refractivity contribution < 1.29 is 13.6 Å². The van der Waals surface area contributed by atoms with E-state index >= 15 is 0 Å². The van der Waals surface area contributed by atoms with Crippen molar-refractivity contribution in [1.29, 1.82) is 5.26 Å². The fraction of sp³-hybridized carbons (Fsp3) is 0.154. The number of carbonyl (C=O) groups excluding carboxylic acids is 1. The van der Waals surface area contributed by atoms with Crippen LogP contribution in [-0.4, -0.2) is 21.2 Å². The first kappa shape index (κ1) is 13.6. The fourth-order valence-electron chi connectivity index (χ4n) is 2.03. The van der Waals surface area contributed by atoms with E-state index in [1.165, 1.54) is 11.8 Å². The molecular formula is C13H8F2N4OS. The van der Waals surface area contributed by atoms with Crippen LogP contribution < -0.4 is 5.32 Å². The molecule has 0 saturated heterocycles. The third kappa shape index (κ3) is 2.36. The van der Waals surface area contributed by atoms with Crippen LogP contribution in [0, 0.1) is 23.0 Å². The summed E-state index contributed by atoms with van der Waals surface area (Å²) in [7, 11) is 0. The second-order valence-electron chi connectivity index (χ2n) is 4.28. The molecule has 1 amide bonds. The van der Waals surface area contributed by atoms with Crippen LogP contribution in [0.5, 0.6) is 0 Å². The molecule has 1 aromatic carbocycles. The summed E-state index contributed by atoms with van der Waals surface area (Å²) >= 11 is 1.46. The topological polar surface area (TPSA) is 70.7 Å². The highest BCUT2D eigenvalue weighted by Crippen LogP contribution is 2.30. The predicted molar refractivity (Wildman–Crippen MR) is 72.0 cm³/mol. The van der Waals surface area contributed by atoms with E-state index in [0.717, 1.165) is 24.0 Å². The molecule has 21 heavy (non-hydrogen) atoms. The summed E-state index contributed by atoms with van der Waals surface area (Å²) in [6.07, 6.45) is 0. The molecule has 5 nitrogen and oxygen atoms in total. The number of hydrogen-bond donors (Lipinski definition) is 1. The number of benzene rings is 1. The minimum atomic E-state index is -0.842. The summed E-state index contributed by atoms with van der Waals surface area (Å²) in [6.45, 7) is 0.625. The molecule has 106 valence electrons. The molecule has 3 rings (SSSR count). The van der Waals surface area contributed by atoms with Crippen molar-refractivity contribution in [3.05, 3.63) is 41.1 Å². The zero-order chi connectivity index (χ0) is 15.0. The molecule has 0 radical (unpaired) electrons. The Morgan fingerprint density at radius 2 is 2.29 bits per heavy atom. The van der Waals surface area contributed by atoms with Gasteiger partial charge in [0.1, 0.15) is 17.7 Å². The maximum Gasteiger partial charge on any atom is 0.259 e. The van der Waals surface area contributed by atoms with Crippen molar-refractivity contribution in [2.24, 2.45) is 0 Å². The van der Waals surface area contributed by atoms with Gasteiger partial charge in [0.05, 0.1) is 5.56 Å². The summed E-state index contributed by atoms with van der Waals surface area (Å²) in [5, 5.41) is 12.1. The highest BCUT2D eigenvalue weighted by Gasteiger charge is 2.24. The zero-order valence-electron chi connectivity index (χ0n) is 10.6. The summed E-state index contributed by atoms with van der Waals surface area (Å²) in [6, 6.07) is 4.56. The number of imidazole rings is 1. The molecule has 1 N–H and O–H groups in total. The highest BCUT2D eigenvalue weighted by molar-refractivity contribution is 7.99. The van der Waals surface area contributed by atoms with E-state index in [0.29, 0.717) is 11.7 Å². The first-order valence-corrected chi connectivity index (χ1v) is 6.98. The number of hydrogen-bond acceptors (Lipinski definition) is 4. The Morgan fingerprint density at radius 3 is 3.05 bits per heavy atom. The van der Waals surface area contributed by atoms with Gasteiger partial charge in [0.2, 0.25) is 0 Å². The van der Waals surface area contributed by atoms with E-state index in [1.807, 2.05) is 6.07 Å². The third-order valence-corrected chi connectivity index (χ3v) is 3.95. The number of rotatable bonds is 2. The maximum absolute atomic E-state index is 13.5. The van der Waals surface area contributed by atoms with Gasteiger partial charge < -0.3 is 9.88 Å². The Labute approximate surface area is 122 Å². The van der Waals surface area contributed by atoms with Gasteiger partial charge in [0.15, 0.2) is 16.7 Å². The van der Waals surface area contributed by atoms with E-state index in [9.17, 15) is 13.6 Å². The number of halogens is 2. The average Bonchev–Trinajstić information content (AvgIpc) is 3.01. The summed E-state index contributed by atoms with van der Waals surface area (Å²) in [4.78, 5) is 16.1. The molecule has 0 spiro atoms. The van der Waals surface area contributed by atoms with Gasteiger partial charge in [-0.25, -0.2) is 13.8 Å². The predicted octanol–water partition coefficient (Wildman–Crippen LogP) is 2.39. The van der Waals surface area contributed by atoms with Crippen LogP contribution in [0.15, 0.2) is 23.4 Å². The van der Waals surface area contributed by atoms with Gasteiger partial charge >= 0.3 is 0 Å². The van der Waals surface area contributed by atoms with Crippen molar-refractivity contribution in [3.8, 4) is 6.07 Å². The van der Waals surface area contributed by atoms with E-state index in [4.69, 9.17) is 5.26 Å². The molecule has 0 saturated carbocycles. The average molecular weight is 306 g/mol. The van der Waals surface area contributed by atoms with Gasteiger partial charge in [-0.05, 0) is 18.2 Å². The summed E-state index contributed by atoms with van der Waals surface area (Å²) < 4.78 is 28.3. The molecule has 0 unspecified atom stereocenters. The molecule has 1 aliphatic heterocycles. The smallest absolute Gasteiger partial charge is 0.259 e. The zero-order valence-corrected chi connectivity index (χ0v) is 11.4. The standard InChI is InChI=1S/C13H8F2N4OS/c14-7-1-2-9(15)8(5-7)12(20)17-11-10(6-16)19-3-4-21-13(19)18-11/h1-2,5H,3-4H2,(H,17,20). The lowest BCUT2D eigenvalue weighted by Gasteiger charge is -2.05. The molecule has 0 fully saturated rings. The minimum Gasteiger partial charge on any atom is -0.308 e. The molecule has 1 aliphatic rings. The van der Waals surface area contributed by atoms with Crippen molar-refractivity contribution >= 4 is 23.5 Å². The first-order chi connectivity index (χ1) is 10.1. The summed E-state index contributed by atoms with van der Waals surface area (Å²) in [5.74, 6) is -1.53. The van der Waals surface area contributed by atoms with Crippen molar-refractivity contribution in [3.63, 3.8) is 0 Å². The first-order valence-electron chi connectivity index (χ1n) is 6.00. The van der Waals surface area contributed by atoms with Crippen LogP contribution in [0.2, 0.25) is 0 Å². The normalized spacial score (nSPS) is 12.8. The lowest BCUT2D eigenvalue weighted by molar-refractivity contribution is 0.102. The van der Waals surface area contributed by atoms with Crippen molar-refractivity contribution in [2.75, 3.05) is 11.1 Å². The van der Waals surface area contributed by atoms with Gasteiger partial charge in [-0.3, -0.25) is 4.79 Å². The number of carbonyl (C=O) groups is 1. The van der Waals surface area contributed by atoms with Gasteiger partial charge in [0, 0.05) is 12.3 Å². The van der Waals surface area contributed by atoms with Crippen LogP contribution in [0.25, 0.3) is 0 Å². The molecule has 2 heterocycles. The van der Waals surface area contributed by atoms with Gasteiger partial charge in [0.25, 0.3) is 5.91 Å². The van der Waals surface area contributed by atoms with E-state index in [-0.39, 0.29) is 11.5 Å². The minimum absolute atomic E-state index is 0.0633. The lowest BCUT2D eigenvalue weighted by Crippen LogP contribution is -2.15. The number of thioether (sulfide) groups is 1. The Balaban J connectivity index is 1.92. The van der Waals surface area contributed by atoms with Crippen LogP contribution in [0.3, 0.4) is 0 Å². The second-order valence-corrected chi connectivity index (χ2v) is 5.34. The lowest BCUT2D eigenvalue weighted by atomic mass is 10.2. The van der Waals surface area contributed by atoms with Crippen molar-refractivity contribution in [1.82, 2.24) is 9.55 Å². The second kappa shape index (κ2) is 5.18. The number of fused-ring (bicyclic) bond motifs is 1. The maximum atomic E-state index is 13.5. The monoisotopic (exact) mass is 306 g/mol. The highest BCUT2D eigenvalue weighted by atomic mass is 32.2. The number of amides is 1. The Kier molecular flexibility index (Phi) is 3.35. The molecule has 2 aromatic rings. The van der Waals surface area contributed by atoms with Gasteiger partial charge in [-0.15, -0.1) is 0 Å². The van der Waals surface area contributed by atoms with Gasteiger partial charge in [-0.1, -0.05) is 11.8 Å². The molecule has 1 aromatic heterocycles. The molecule has 0 bridgehead atoms. The Bertz CT molecular complexity index is 781. The van der Waals surface area contributed by atoms with E-state index in [2.05, 4.69) is 10.3 Å². The fourth-order valence-corrected chi connectivity index (χ4v) is 2.98. The molecule has 8 heteroatoms. The van der Waals surface area contributed by atoms with Crippen LogP contribution in [0.4, 0.5) is 14.6 Å². The number of anilines is 1. The SMILES string of the molecule is N#Cc1c(NC(=O)c2cc(F)ccc2F)nc2n1CCS2. The van der Waals surface area contributed by atoms with Crippen LogP contribution in [0.1, 0.15) is 16.1 Å². The third-order valence-electron chi connectivity index (χ3n) is 2.99. The van der Waals surface area contributed by atoms with Crippen LogP contribution >= 0.6 is 11.8 Å². The number of aromatic nitrogens is 2. The van der Waals surface area contributed by atoms with E-state index < -0.39 is 23.1 Å². The number of nitriles is 1. The molecule has 0 aliphatic carbocycles.